The molecule has 0 atom stereocenters. The highest BCUT2D eigenvalue weighted by Gasteiger charge is 2.27. The zero-order chi connectivity index (χ0) is 9.19. The van der Waals surface area contributed by atoms with Gasteiger partial charge in [0.2, 0.25) is 0 Å². The zero-order valence-electron chi connectivity index (χ0n) is 7.20. The van der Waals surface area contributed by atoms with Crippen molar-refractivity contribution in [3.63, 3.8) is 0 Å². The van der Waals surface area contributed by atoms with Crippen molar-refractivity contribution in [1.82, 2.24) is 10.2 Å². The van der Waals surface area contributed by atoms with Gasteiger partial charge in [-0.25, -0.2) is 0 Å². The highest BCUT2D eigenvalue weighted by Crippen LogP contribution is 2.44. The number of nitrogens with zero attached hydrogens (tertiary/aromatic N) is 1. The number of aryl methyl sites for hydroxylation is 1. The number of aromatic nitrogens is 2. The smallest absolute Gasteiger partial charge is 0.307 e. The number of aromatic amines is 1. The molecule has 0 saturated heterocycles. The zero-order valence-corrected chi connectivity index (χ0v) is 8.09. The number of rotatable bonds is 3. The number of hydrogen-bond donors (Lipinski definition) is 1. The Morgan fingerprint density at radius 2 is 2.08 bits per heavy atom. The summed E-state index contributed by atoms with van der Waals surface area (Å²) in [6.07, 6.45) is 0. The lowest BCUT2D eigenvalue weighted by atomic mass is 10.5. The molecule has 1 aromatic rings. The first kappa shape index (κ1) is 9.45. The SMILES string of the molecule is COP(=O)(OC)c1cc(C)[nH]n1. The minimum absolute atomic E-state index is 0.310. The summed E-state index contributed by atoms with van der Waals surface area (Å²) in [6, 6.07) is 1.63. The average Bonchev–Trinajstić information content (AvgIpc) is 2.51. The summed E-state index contributed by atoms with van der Waals surface area (Å²) in [5, 5.41) is 6.45. The lowest BCUT2D eigenvalue weighted by molar-refractivity contribution is 0.286. The molecule has 5 nitrogen and oxygen atoms in total. The fourth-order valence-corrected chi connectivity index (χ4v) is 1.85. The summed E-state index contributed by atoms with van der Waals surface area (Å²) in [4.78, 5) is 0. The van der Waals surface area contributed by atoms with Crippen LogP contribution in [0.25, 0.3) is 0 Å². The van der Waals surface area contributed by atoms with Crippen LogP contribution in [-0.2, 0) is 13.6 Å². The van der Waals surface area contributed by atoms with E-state index in [0.29, 0.717) is 5.44 Å². The molecule has 1 heterocycles. The van der Waals surface area contributed by atoms with Crippen molar-refractivity contribution in [2.24, 2.45) is 0 Å². The van der Waals surface area contributed by atoms with Crippen molar-refractivity contribution in [2.75, 3.05) is 14.2 Å². The van der Waals surface area contributed by atoms with Crippen LogP contribution in [0, 0.1) is 6.92 Å². The van der Waals surface area contributed by atoms with E-state index in [2.05, 4.69) is 10.2 Å². The molecule has 0 aromatic carbocycles. The monoisotopic (exact) mass is 190 g/mol. The van der Waals surface area contributed by atoms with Crippen molar-refractivity contribution >= 4 is 13.0 Å². The standard InChI is InChI=1S/C6H11N2O3P/c1-5-4-6(8-7-5)12(9,10-2)11-3/h4H,1-3H3,(H,7,8). The van der Waals surface area contributed by atoms with Crippen LogP contribution in [0.2, 0.25) is 0 Å². The first-order valence-corrected chi connectivity index (χ1v) is 4.91. The van der Waals surface area contributed by atoms with Gasteiger partial charge in [0, 0.05) is 19.9 Å². The molecule has 0 aliphatic carbocycles. The third-order valence-electron chi connectivity index (χ3n) is 1.45. The van der Waals surface area contributed by atoms with Gasteiger partial charge in [-0.2, -0.15) is 5.10 Å². The summed E-state index contributed by atoms with van der Waals surface area (Å²) in [6.45, 7) is 1.81. The molecule has 0 spiro atoms. The largest absolute Gasteiger partial charge is 0.380 e. The molecular weight excluding hydrogens is 179 g/mol. The van der Waals surface area contributed by atoms with Crippen LogP contribution < -0.4 is 5.44 Å². The van der Waals surface area contributed by atoms with Gasteiger partial charge in [0.1, 0.15) is 0 Å². The molecule has 0 saturated carbocycles. The first-order valence-electron chi connectivity index (χ1n) is 3.36. The summed E-state index contributed by atoms with van der Waals surface area (Å²) < 4.78 is 21.1. The van der Waals surface area contributed by atoms with E-state index in [4.69, 9.17) is 9.05 Å². The Bertz CT molecular complexity index is 301. The average molecular weight is 190 g/mol. The second-order valence-corrected chi connectivity index (χ2v) is 4.46. The van der Waals surface area contributed by atoms with E-state index in [-0.39, 0.29) is 0 Å². The molecule has 0 bridgehead atoms. The third kappa shape index (κ3) is 1.58. The Morgan fingerprint density at radius 1 is 1.50 bits per heavy atom. The summed E-state index contributed by atoms with van der Waals surface area (Å²) in [7, 11) is -0.500. The highest BCUT2D eigenvalue weighted by molar-refractivity contribution is 7.61. The van der Waals surface area contributed by atoms with Crippen LogP contribution in [0.1, 0.15) is 5.69 Å². The summed E-state index contributed by atoms with van der Waals surface area (Å²) >= 11 is 0. The number of H-pyrrole nitrogens is 1. The summed E-state index contributed by atoms with van der Waals surface area (Å²) in [5.41, 5.74) is 1.13. The molecule has 0 aliphatic rings. The van der Waals surface area contributed by atoms with E-state index in [1.807, 2.05) is 6.92 Å². The highest BCUT2D eigenvalue weighted by atomic mass is 31.2. The fourth-order valence-electron chi connectivity index (χ4n) is 0.806. The Morgan fingerprint density at radius 3 is 2.42 bits per heavy atom. The van der Waals surface area contributed by atoms with Crippen LogP contribution in [-0.4, -0.2) is 24.4 Å². The minimum atomic E-state index is -3.16. The van der Waals surface area contributed by atoms with Crippen molar-refractivity contribution < 1.29 is 13.6 Å². The molecule has 6 heteroatoms. The van der Waals surface area contributed by atoms with Crippen LogP contribution in [0.3, 0.4) is 0 Å². The molecular formula is C6H11N2O3P. The maximum atomic E-state index is 11.6. The van der Waals surface area contributed by atoms with Gasteiger partial charge < -0.3 is 9.05 Å². The van der Waals surface area contributed by atoms with E-state index in [9.17, 15) is 4.57 Å². The van der Waals surface area contributed by atoms with Gasteiger partial charge >= 0.3 is 7.60 Å². The molecule has 0 aliphatic heterocycles. The maximum absolute atomic E-state index is 11.6. The maximum Gasteiger partial charge on any atom is 0.380 e. The van der Waals surface area contributed by atoms with Gasteiger partial charge in [-0.3, -0.25) is 9.66 Å². The van der Waals surface area contributed by atoms with Crippen molar-refractivity contribution in [3.05, 3.63) is 11.8 Å². The van der Waals surface area contributed by atoms with Gasteiger partial charge in [0.15, 0.2) is 5.44 Å². The molecule has 1 aromatic heterocycles. The second-order valence-electron chi connectivity index (χ2n) is 2.27. The summed E-state index contributed by atoms with van der Waals surface area (Å²) in [5.74, 6) is 0. The molecule has 0 amide bonds. The van der Waals surface area contributed by atoms with Crippen molar-refractivity contribution in [3.8, 4) is 0 Å². The quantitative estimate of drug-likeness (QED) is 0.717. The van der Waals surface area contributed by atoms with Gasteiger partial charge in [-0.05, 0) is 13.0 Å². The van der Waals surface area contributed by atoms with E-state index in [1.165, 1.54) is 14.2 Å². The molecule has 1 rings (SSSR count). The third-order valence-corrected chi connectivity index (χ3v) is 3.21. The Kier molecular flexibility index (Phi) is 2.67. The molecule has 1 N–H and O–H groups in total. The number of nitrogens with one attached hydrogen (secondary N) is 1. The van der Waals surface area contributed by atoms with Crippen LogP contribution in [0.15, 0.2) is 6.07 Å². The van der Waals surface area contributed by atoms with E-state index >= 15 is 0 Å². The Labute approximate surface area is 70.6 Å². The molecule has 0 radical (unpaired) electrons. The minimum Gasteiger partial charge on any atom is -0.307 e. The second kappa shape index (κ2) is 3.39. The fraction of sp³-hybridized carbons (Fsp3) is 0.500. The van der Waals surface area contributed by atoms with Crippen molar-refractivity contribution in [2.45, 2.75) is 6.92 Å². The van der Waals surface area contributed by atoms with E-state index in [1.54, 1.807) is 6.07 Å². The van der Waals surface area contributed by atoms with E-state index < -0.39 is 7.60 Å². The van der Waals surface area contributed by atoms with Crippen LogP contribution in [0.5, 0.6) is 0 Å². The van der Waals surface area contributed by atoms with Gasteiger partial charge in [-0.1, -0.05) is 0 Å². The van der Waals surface area contributed by atoms with Gasteiger partial charge in [0.25, 0.3) is 0 Å². The lowest BCUT2D eigenvalue weighted by Crippen LogP contribution is -2.08. The predicted octanol–water partition coefficient (Wildman–Crippen LogP) is 0.829. The Balaban J connectivity index is 3.03. The normalized spacial score (nSPS) is 11.9. The predicted molar refractivity (Wildman–Crippen MR) is 44.6 cm³/mol. The van der Waals surface area contributed by atoms with E-state index in [0.717, 1.165) is 5.69 Å². The molecule has 0 unspecified atom stereocenters. The molecule has 0 fully saturated rings. The number of hydrogen-bond acceptors (Lipinski definition) is 4. The van der Waals surface area contributed by atoms with Crippen molar-refractivity contribution in [1.29, 1.82) is 0 Å². The lowest BCUT2D eigenvalue weighted by Gasteiger charge is -2.09. The van der Waals surface area contributed by atoms with Crippen LogP contribution >= 0.6 is 7.60 Å². The van der Waals surface area contributed by atoms with Gasteiger partial charge in [0.05, 0.1) is 0 Å². The Hall–Kier alpha value is -0.640. The molecule has 68 valence electrons. The first-order chi connectivity index (χ1) is 5.62. The topological polar surface area (TPSA) is 64.2 Å². The van der Waals surface area contributed by atoms with Gasteiger partial charge in [-0.15, -0.1) is 0 Å². The molecule has 12 heavy (non-hydrogen) atoms. The van der Waals surface area contributed by atoms with Crippen LogP contribution in [0.4, 0.5) is 0 Å².